The molecule has 0 saturated carbocycles. The number of imide groups is 1. The molecule has 1 heterocycles. The molecule has 1 atom stereocenters. The van der Waals surface area contributed by atoms with Crippen LogP contribution in [0.5, 0.6) is 0 Å². The average Bonchev–Trinajstić information content (AvgIpc) is 2.55. The van der Waals surface area contributed by atoms with Crippen LogP contribution < -0.4 is 5.32 Å². The first-order valence-electron chi connectivity index (χ1n) is 4.84. The van der Waals surface area contributed by atoms with Gasteiger partial charge >= 0.3 is 0 Å². The van der Waals surface area contributed by atoms with Crippen LogP contribution in [-0.4, -0.2) is 58.9 Å². The Morgan fingerprint density at radius 1 is 1.62 bits per heavy atom. The molecular formula is C9H14N2O4S. The van der Waals surface area contributed by atoms with Crippen molar-refractivity contribution in [2.45, 2.75) is 11.7 Å². The number of likely N-dealkylation sites (tertiary alicyclic amines) is 1. The molecule has 1 rings (SSSR count). The Kier molecular flexibility index (Phi) is 4.75. The monoisotopic (exact) mass is 246 g/mol. The molecule has 1 fully saturated rings. The number of rotatable bonds is 5. The van der Waals surface area contributed by atoms with Crippen molar-refractivity contribution < 1.29 is 19.5 Å². The van der Waals surface area contributed by atoms with Crippen LogP contribution >= 0.6 is 11.8 Å². The highest BCUT2D eigenvalue weighted by Gasteiger charge is 2.37. The van der Waals surface area contributed by atoms with Crippen molar-refractivity contribution in [3.8, 4) is 0 Å². The van der Waals surface area contributed by atoms with Gasteiger partial charge in [0.2, 0.25) is 17.7 Å². The zero-order chi connectivity index (χ0) is 12.1. The van der Waals surface area contributed by atoms with Crippen molar-refractivity contribution in [2.75, 3.05) is 26.0 Å². The average molecular weight is 246 g/mol. The quantitative estimate of drug-likeness (QED) is 0.582. The third-order valence-electron chi connectivity index (χ3n) is 2.29. The van der Waals surface area contributed by atoms with E-state index in [2.05, 4.69) is 5.32 Å². The highest BCUT2D eigenvalue weighted by Crippen LogP contribution is 2.22. The first-order valence-corrected chi connectivity index (χ1v) is 6.13. The zero-order valence-electron chi connectivity index (χ0n) is 8.93. The maximum Gasteiger partial charge on any atom is 0.245 e. The Morgan fingerprint density at radius 3 is 2.81 bits per heavy atom. The minimum absolute atomic E-state index is 0.167. The van der Waals surface area contributed by atoms with Crippen molar-refractivity contribution in [3.05, 3.63) is 0 Å². The Balaban J connectivity index is 2.40. The van der Waals surface area contributed by atoms with Crippen LogP contribution in [0.1, 0.15) is 6.42 Å². The predicted octanol–water partition coefficient (Wildman–Crippen LogP) is -1.41. The largest absolute Gasteiger partial charge is 0.387 e. The minimum atomic E-state index is -0.588. The van der Waals surface area contributed by atoms with E-state index in [1.807, 2.05) is 0 Å². The van der Waals surface area contributed by atoms with E-state index in [1.165, 1.54) is 11.8 Å². The lowest BCUT2D eigenvalue weighted by molar-refractivity contribution is -0.138. The van der Waals surface area contributed by atoms with Gasteiger partial charge in [-0.05, 0) is 6.26 Å². The van der Waals surface area contributed by atoms with Crippen LogP contribution in [-0.2, 0) is 14.4 Å². The van der Waals surface area contributed by atoms with Crippen molar-refractivity contribution in [3.63, 3.8) is 0 Å². The van der Waals surface area contributed by atoms with Crippen LogP contribution in [0.3, 0.4) is 0 Å². The third kappa shape index (κ3) is 2.96. The Hall–Kier alpha value is -1.08. The SMILES string of the molecule is CSC1CC(=O)N(CCNC(=O)CO)C1=O. The van der Waals surface area contributed by atoms with Crippen molar-refractivity contribution in [2.24, 2.45) is 0 Å². The van der Waals surface area contributed by atoms with Gasteiger partial charge in [-0.3, -0.25) is 19.3 Å². The van der Waals surface area contributed by atoms with Gasteiger partial charge < -0.3 is 10.4 Å². The molecule has 2 N–H and O–H groups in total. The van der Waals surface area contributed by atoms with E-state index in [0.717, 1.165) is 4.90 Å². The number of amides is 3. The van der Waals surface area contributed by atoms with E-state index in [4.69, 9.17) is 5.11 Å². The summed E-state index contributed by atoms with van der Waals surface area (Å²) >= 11 is 1.35. The molecule has 16 heavy (non-hydrogen) atoms. The summed E-state index contributed by atoms with van der Waals surface area (Å²) in [5, 5.41) is 10.5. The second kappa shape index (κ2) is 5.86. The second-order valence-corrected chi connectivity index (χ2v) is 4.36. The number of carbonyl (C=O) groups excluding carboxylic acids is 3. The Morgan fingerprint density at radius 2 is 2.31 bits per heavy atom. The highest BCUT2D eigenvalue weighted by molar-refractivity contribution is 8.00. The minimum Gasteiger partial charge on any atom is -0.387 e. The van der Waals surface area contributed by atoms with Gasteiger partial charge in [0.1, 0.15) is 6.61 Å². The molecule has 6 nitrogen and oxygen atoms in total. The van der Waals surface area contributed by atoms with Crippen molar-refractivity contribution >= 4 is 29.5 Å². The summed E-state index contributed by atoms with van der Waals surface area (Å²) in [6, 6.07) is 0. The molecule has 1 aliphatic rings. The van der Waals surface area contributed by atoms with Crippen LogP contribution in [0.25, 0.3) is 0 Å². The third-order valence-corrected chi connectivity index (χ3v) is 3.23. The molecule has 90 valence electrons. The van der Waals surface area contributed by atoms with Gasteiger partial charge in [0.05, 0.1) is 5.25 Å². The number of hydrogen-bond donors (Lipinski definition) is 2. The maximum absolute atomic E-state index is 11.6. The summed E-state index contributed by atoms with van der Waals surface area (Å²) in [7, 11) is 0. The summed E-state index contributed by atoms with van der Waals surface area (Å²) in [5.74, 6) is -0.918. The van der Waals surface area contributed by atoms with E-state index >= 15 is 0 Å². The number of aliphatic hydroxyl groups excluding tert-OH is 1. The lowest BCUT2D eigenvalue weighted by Crippen LogP contribution is -2.39. The van der Waals surface area contributed by atoms with Gasteiger partial charge in [-0.1, -0.05) is 0 Å². The number of thioether (sulfide) groups is 1. The fourth-order valence-corrected chi connectivity index (χ4v) is 2.07. The first kappa shape index (κ1) is 13.0. The van der Waals surface area contributed by atoms with E-state index in [9.17, 15) is 14.4 Å². The number of carbonyl (C=O) groups is 3. The maximum atomic E-state index is 11.6. The predicted molar refractivity (Wildman–Crippen MR) is 58.7 cm³/mol. The smallest absolute Gasteiger partial charge is 0.245 e. The molecule has 7 heteroatoms. The molecule has 0 bridgehead atoms. The van der Waals surface area contributed by atoms with Crippen molar-refractivity contribution in [1.29, 1.82) is 0 Å². The molecule has 1 unspecified atom stereocenters. The van der Waals surface area contributed by atoms with Crippen LogP contribution in [0.4, 0.5) is 0 Å². The van der Waals surface area contributed by atoms with E-state index < -0.39 is 12.5 Å². The Labute approximate surface area is 97.4 Å². The fraction of sp³-hybridized carbons (Fsp3) is 0.667. The Bertz CT molecular complexity index is 308. The second-order valence-electron chi connectivity index (χ2n) is 3.32. The molecule has 0 aromatic heterocycles. The number of aliphatic hydroxyl groups is 1. The number of hydrogen-bond acceptors (Lipinski definition) is 5. The number of nitrogens with one attached hydrogen (secondary N) is 1. The fourth-order valence-electron chi connectivity index (χ4n) is 1.43. The zero-order valence-corrected chi connectivity index (χ0v) is 9.75. The van der Waals surface area contributed by atoms with E-state index in [1.54, 1.807) is 6.26 Å². The van der Waals surface area contributed by atoms with Gasteiger partial charge in [-0.2, -0.15) is 11.8 Å². The van der Waals surface area contributed by atoms with Crippen LogP contribution in [0.2, 0.25) is 0 Å². The molecule has 1 aliphatic heterocycles. The highest BCUT2D eigenvalue weighted by atomic mass is 32.2. The topological polar surface area (TPSA) is 86.7 Å². The van der Waals surface area contributed by atoms with E-state index in [-0.39, 0.29) is 36.6 Å². The van der Waals surface area contributed by atoms with Gasteiger partial charge in [-0.15, -0.1) is 0 Å². The summed E-state index contributed by atoms with van der Waals surface area (Å²) in [6.45, 7) is -0.242. The molecular weight excluding hydrogens is 232 g/mol. The normalized spacial score (nSPS) is 20.4. The lowest BCUT2D eigenvalue weighted by atomic mass is 10.4. The summed E-state index contributed by atoms with van der Waals surface area (Å²) < 4.78 is 0. The van der Waals surface area contributed by atoms with E-state index in [0.29, 0.717) is 0 Å². The molecule has 3 amide bonds. The summed E-state index contributed by atoms with van der Waals surface area (Å²) in [4.78, 5) is 34.9. The molecule has 1 saturated heterocycles. The molecule has 0 aliphatic carbocycles. The summed E-state index contributed by atoms with van der Waals surface area (Å²) in [5.41, 5.74) is 0. The first-order chi connectivity index (χ1) is 7.60. The van der Waals surface area contributed by atoms with Gasteiger partial charge in [0.25, 0.3) is 0 Å². The number of nitrogens with zero attached hydrogens (tertiary/aromatic N) is 1. The van der Waals surface area contributed by atoms with Gasteiger partial charge in [-0.25, -0.2) is 0 Å². The molecule has 0 aromatic rings. The van der Waals surface area contributed by atoms with Gasteiger partial charge in [0.15, 0.2) is 0 Å². The summed E-state index contributed by atoms with van der Waals surface area (Å²) in [6.07, 6.45) is 2.01. The standard InChI is InChI=1S/C9H14N2O4S/c1-16-6-4-8(14)11(9(6)15)3-2-10-7(13)5-12/h6,12H,2-5H2,1H3,(H,10,13). The van der Waals surface area contributed by atoms with Crippen LogP contribution in [0.15, 0.2) is 0 Å². The van der Waals surface area contributed by atoms with Crippen molar-refractivity contribution in [1.82, 2.24) is 10.2 Å². The molecule has 0 spiro atoms. The molecule has 0 radical (unpaired) electrons. The molecule has 0 aromatic carbocycles. The van der Waals surface area contributed by atoms with Gasteiger partial charge in [0, 0.05) is 19.5 Å². The van der Waals surface area contributed by atoms with Crippen LogP contribution in [0, 0.1) is 0 Å². The lowest BCUT2D eigenvalue weighted by Gasteiger charge is -2.14.